The maximum atomic E-state index is 5.27. The Morgan fingerprint density at radius 1 is 1.28 bits per heavy atom. The molecular weight excluding hydrogens is 244 g/mol. The van der Waals surface area contributed by atoms with Crippen LogP contribution < -0.4 is 10.6 Å². The van der Waals surface area contributed by atoms with Crippen LogP contribution in [0.15, 0.2) is 30.5 Å². The summed E-state index contributed by atoms with van der Waals surface area (Å²) in [6.07, 6.45) is 1.76. The molecule has 1 aromatic heterocycles. The van der Waals surface area contributed by atoms with E-state index in [1.807, 2.05) is 45.2 Å². The van der Waals surface area contributed by atoms with Gasteiger partial charge in [-0.15, -0.1) is 0 Å². The molecule has 0 aliphatic heterocycles. The molecule has 18 heavy (non-hydrogen) atoms. The first-order chi connectivity index (χ1) is 8.56. The van der Waals surface area contributed by atoms with Gasteiger partial charge in [-0.1, -0.05) is 12.1 Å². The summed E-state index contributed by atoms with van der Waals surface area (Å²) in [5.41, 5.74) is 4.14. The van der Waals surface area contributed by atoms with Crippen molar-refractivity contribution in [3.05, 3.63) is 41.7 Å². The monoisotopic (exact) mass is 260 g/mol. The van der Waals surface area contributed by atoms with E-state index in [0.717, 1.165) is 17.1 Å². The van der Waals surface area contributed by atoms with E-state index in [9.17, 15) is 0 Å². The van der Waals surface area contributed by atoms with Gasteiger partial charge in [-0.05, 0) is 43.8 Å². The molecular formula is C13H16N4S. The van der Waals surface area contributed by atoms with E-state index in [1.165, 1.54) is 5.56 Å². The molecule has 0 aliphatic rings. The molecule has 0 amide bonds. The van der Waals surface area contributed by atoms with Crippen LogP contribution in [0, 0.1) is 13.8 Å². The van der Waals surface area contributed by atoms with Gasteiger partial charge >= 0.3 is 0 Å². The lowest BCUT2D eigenvalue weighted by atomic mass is 10.2. The molecule has 0 spiro atoms. The van der Waals surface area contributed by atoms with E-state index in [0.29, 0.717) is 5.11 Å². The van der Waals surface area contributed by atoms with Crippen molar-refractivity contribution in [3.8, 4) is 0 Å². The molecule has 0 saturated heterocycles. The second-order valence-electron chi connectivity index (χ2n) is 4.22. The molecule has 2 rings (SSSR count). The highest BCUT2D eigenvalue weighted by Crippen LogP contribution is 2.14. The summed E-state index contributed by atoms with van der Waals surface area (Å²) in [4.78, 5) is 0. The zero-order chi connectivity index (χ0) is 13.1. The average molecular weight is 260 g/mol. The number of thiocarbonyl (C=S) groups is 1. The molecule has 94 valence electrons. The fourth-order valence-electron chi connectivity index (χ4n) is 1.63. The van der Waals surface area contributed by atoms with Crippen molar-refractivity contribution >= 4 is 28.7 Å². The second-order valence-corrected chi connectivity index (χ2v) is 4.62. The van der Waals surface area contributed by atoms with Crippen molar-refractivity contribution in [2.45, 2.75) is 13.8 Å². The molecule has 0 saturated carbocycles. The molecule has 5 heteroatoms. The highest BCUT2D eigenvalue weighted by atomic mass is 32.1. The van der Waals surface area contributed by atoms with Crippen LogP contribution in [0.1, 0.15) is 11.3 Å². The molecule has 1 heterocycles. The number of anilines is 2. The quantitative estimate of drug-likeness (QED) is 0.815. The fraction of sp³-hybridized carbons (Fsp3) is 0.231. The first kappa shape index (κ1) is 12.6. The normalized spacial score (nSPS) is 10.2. The maximum Gasteiger partial charge on any atom is 0.175 e. The molecule has 0 fully saturated rings. The van der Waals surface area contributed by atoms with Crippen LogP contribution in [0.4, 0.5) is 11.4 Å². The van der Waals surface area contributed by atoms with Crippen LogP contribution >= 0.6 is 12.2 Å². The van der Waals surface area contributed by atoms with Gasteiger partial charge in [0.2, 0.25) is 0 Å². The summed E-state index contributed by atoms with van der Waals surface area (Å²) in [6.45, 7) is 4.04. The predicted molar refractivity (Wildman–Crippen MR) is 79.0 cm³/mol. The number of rotatable bonds is 2. The van der Waals surface area contributed by atoms with Crippen molar-refractivity contribution in [1.82, 2.24) is 9.78 Å². The van der Waals surface area contributed by atoms with Gasteiger partial charge in [0.25, 0.3) is 0 Å². The smallest absolute Gasteiger partial charge is 0.175 e. The van der Waals surface area contributed by atoms with Crippen LogP contribution in [0.25, 0.3) is 0 Å². The van der Waals surface area contributed by atoms with E-state index in [4.69, 9.17) is 12.2 Å². The van der Waals surface area contributed by atoms with Crippen LogP contribution in [0.5, 0.6) is 0 Å². The number of aryl methyl sites for hydroxylation is 2. The second kappa shape index (κ2) is 5.18. The summed E-state index contributed by atoms with van der Waals surface area (Å²) in [7, 11) is 1.90. The Hall–Kier alpha value is -1.88. The van der Waals surface area contributed by atoms with Gasteiger partial charge in [0.15, 0.2) is 5.11 Å². The first-order valence-electron chi connectivity index (χ1n) is 5.69. The third-order valence-electron chi connectivity index (χ3n) is 2.76. The minimum absolute atomic E-state index is 0.566. The number of hydrogen-bond donors (Lipinski definition) is 2. The molecule has 2 N–H and O–H groups in total. The van der Waals surface area contributed by atoms with Crippen molar-refractivity contribution in [2.75, 3.05) is 10.6 Å². The highest BCUT2D eigenvalue weighted by Gasteiger charge is 2.05. The molecule has 0 aliphatic carbocycles. The van der Waals surface area contributed by atoms with Gasteiger partial charge in [0.1, 0.15) is 0 Å². The third kappa shape index (κ3) is 2.87. The first-order valence-corrected chi connectivity index (χ1v) is 6.10. The Bertz CT molecular complexity index is 574. The number of aromatic nitrogens is 2. The van der Waals surface area contributed by atoms with E-state index in [2.05, 4.69) is 15.7 Å². The van der Waals surface area contributed by atoms with Crippen molar-refractivity contribution in [1.29, 1.82) is 0 Å². The predicted octanol–water partition coefficient (Wildman–Crippen LogP) is 2.85. The molecule has 0 unspecified atom stereocenters. The Kier molecular flexibility index (Phi) is 3.62. The lowest BCUT2D eigenvalue weighted by Crippen LogP contribution is -2.19. The van der Waals surface area contributed by atoms with Crippen LogP contribution in [-0.2, 0) is 7.05 Å². The summed E-state index contributed by atoms with van der Waals surface area (Å²) in [6, 6.07) is 8.07. The van der Waals surface area contributed by atoms with E-state index in [1.54, 1.807) is 10.9 Å². The molecule has 0 radical (unpaired) electrons. The Labute approximate surface area is 112 Å². The minimum Gasteiger partial charge on any atom is -0.332 e. The van der Waals surface area contributed by atoms with E-state index >= 15 is 0 Å². The standard InChI is InChI=1S/C13H16N4S/c1-9-5-4-6-11(7-9)15-13(18)16-12-8-14-17(3)10(12)2/h4-8H,1-3H3,(H2,15,16,18). The molecule has 4 nitrogen and oxygen atoms in total. The summed E-state index contributed by atoms with van der Waals surface area (Å²) in [5.74, 6) is 0. The number of hydrogen-bond acceptors (Lipinski definition) is 2. The fourth-order valence-corrected chi connectivity index (χ4v) is 1.86. The SMILES string of the molecule is Cc1cccc(NC(=S)Nc2cnn(C)c2C)c1. The largest absolute Gasteiger partial charge is 0.332 e. The van der Waals surface area contributed by atoms with Gasteiger partial charge in [0.05, 0.1) is 17.6 Å². The molecule has 0 bridgehead atoms. The van der Waals surface area contributed by atoms with Gasteiger partial charge in [-0.3, -0.25) is 4.68 Å². The van der Waals surface area contributed by atoms with Crippen molar-refractivity contribution < 1.29 is 0 Å². The Balaban J connectivity index is 2.03. The van der Waals surface area contributed by atoms with Gasteiger partial charge in [-0.25, -0.2) is 0 Å². The van der Waals surface area contributed by atoms with Crippen LogP contribution in [0.3, 0.4) is 0 Å². The lowest BCUT2D eigenvalue weighted by molar-refractivity contribution is 0.740. The number of nitrogens with zero attached hydrogens (tertiary/aromatic N) is 2. The maximum absolute atomic E-state index is 5.27. The van der Waals surface area contributed by atoms with E-state index < -0.39 is 0 Å². The minimum atomic E-state index is 0.566. The third-order valence-corrected chi connectivity index (χ3v) is 2.96. The zero-order valence-corrected chi connectivity index (χ0v) is 11.5. The van der Waals surface area contributed by atoms with E-state index in [-0.39, 0.29) is 0 Å². The summed E-state index contributed by atoms with van der Waals surface area (Å²) in [5, 5.41) is 11.0. The number of nitrogens with one attached hydrogen (secondary N) is 2. The van der Waals surface area contributed by atoms with Gasteiger partial charge in [-0.2, -0.15) is 5.10 Å². The van der Waals surface area contributed by atoms with Crippen molar-refractivity contribution in [3.63, 3.8) is 0 Å². The van der Waals surface area contributed by atoms with Crippen LogP contribution in [-0.4, -0.2) is 14.9 Å². The average Bonchev–Trinajstić information content (AvgIpc) is 2.61. The Morgan fingerprint density at radius 3 is 2.67 bits per heavy atom. The molecule has 2 aromatic rings. The summed E-state index contributed by atoms with van der Waals surface area (Å²) >= 11 is 5.27. The van der Waals surface area contributed by atoms with Crippen LogP contribution in [0.2, 0.25) is 0 Å². The molecule has 0 atom stereocenters. The summed E-state index contributed by atoms with van der Waals surface area (Å²) < 4.78 is 1.80. The lowest BCUT2D eigenvalue weighted by Gasteiger charge is -2.10. The number of benzene rings is 1. The van der Waals surface area contributed by atoms with Gasteiger partial charge in [0, 0.05) is 12.7 Å². The topological polar surface area (TPSA) is 41.9 Å². The Morgan fingerprint density at radius 2 is 2.06 bits per heavy atom. The highest BCUT2D eigenvalue weighted by molar-refractivity contribution is 7.80. The molecule has 1 aromatic carbocycles. The zero-order valence-electron chi connectivity index (χ0n) is 10.7. The van der Waals surface area contributed by atoms with Crippen molar-refractivity contribution in [2.24, 2.45) is 7.05 Å². The van der Waals surface area contributed by atoms with Gasteiger partial charge < -0.3 is 10.6 Å².